The number of hydroxylamine groups is 2. The second-order valence-electron chi connectivity index (χ2n) is 7.60. The van der Waals surface area contributed by atoms with E-state index in [0.29, 0.717) is 6.61 Å². The molecule has 0 bridgehead atoms. The summed E-state index contributed by atoms with van der Waals surface area (Å²) in [6, 6.07) is 21.0. The summed E-state index contributed by atoms with van der Waals surface area (Å²) in [4.78, 5) is 16.6. The minimum atomic E-state index is -0.677. The van der Waals surface area contributed by atoms with E-state index in [1.54, 1.807) is 0 Å². The average Bonchev–Trinajstić information content (AvgIpc) is 2.67. The van der Waals surface area contributed by atoms with Crippen molar-refractivity contribution in [1.29, 1.82) is 0 Å². The number of rotatable bonds is 9. The number of hydrogen-bond acceptors (Lipinski definition) is 7. The number of benzene rings is 2. The maximum atomic E-state index is 5.97. The second kappa shape index (κ2) is 9.54. The lowest BCUT2D eigenvalue weighted by Gasteiger charge is -2.36. The molecule has 0 unspecified atom stereocenters. The van der Waals surface area contributed by atoms with Crippen molar-refractivity contribution in [2.45, 2.75) is 39.0 Å². The van der Waals surface area contributed by atoms with Crippen LogP contribution in [0.25, 0.3) is 0 Å². The summed E-state index contributed by atoms with van der Waals surface area (Å²) in [5.41, 5.74) is 13.6. The zero-order valence-corrected chi connectivity index (χ0v) is 17.2. The van der Waals surface area contributed by atoms with Gasteiger partial charge in [0.2, 0.25) is 11.9 Å². The molecule has 4 N–H and O–H groups in total. The van der Waals surface area contributed by atoms with Crippen molar-refractivity contribution in [3.05, 3.63) is 71.8 Å². The Morgan fingerprint density at radius 3 is 2.00 bits per heavy atom. The highest BCUT2D eigenvalue weighted by molar-refractivity contribution is 5.95. The molecular weight excluding hydrogens is 364 g/mol. The summed E-state index contributed by atoms with van der Waals surface area (Å²) in [7, 11) is 0. The van der Waals surface area contributed by atoms with E-state index >= 15 is 0 Å². The molecule has 0 aromatic heterocycles. The molecule has 0 atom stereocenters. The Kier molecular flexibility index (Phi) is 6.85. The quantitative estimate of drug-likeness (QED) is 0.638. The van der Waals surface area contributed by atoms with Crippen molar-refractivity contribution in [2.75, 3.05) is 13.2 Å². The molecule has 1 aliphatic rings. The molecule has 0 saturated heterocycles. The molecule has 154 valence electrons. The topological polar surface area (TPSA) is 92.5 Å². The van der Waals surface area contributed by atoms with Crippen LogP contribution in [0.1, 0.15) is 31.4 Å². The van der Waals surface area contributed by atoms with Crippen LogP contribution in [0.3, 0.4) is 0 Å². The molecule has 29 heavy (non-hydrogen) atoms. The van der Waals surface area contributed by atoms with Crippen LogP contribution in [-0.4, -0.2) is 40.7 Å². The molecule has 0 radical (unpaired) electrons. The van der Waals surface area contributed by atoms with E-state index in [0.717, 1.165) is 26.1 Å². The van der Waals surface area contributed by atoms with E-state index in [1.807, 2.05) is 26.0 Å². The standard InChI is InChI=1S/C22H30N6O/c1-22(2)26-20(23)25-21(24)28(22)29-15-9-14-27(16-18-10-5-3-6-11-18)17-19-12-7-4-8-13-19/h3-8,10-13H,9,14-17H2,1-2H3,(H4,23,24,25,26). The molecule has 0 aliphatic carbocycles. The maximum Gasteiger partial charge on any atom is 0.226 e. The van der Waals surface area contributed by atoms with E-state index in [4.69, 9.17) is 16.3 Å². The summed E-state index contributed by atoms with van der Waals surface area (Å²) in [6.45, 7) is 6.94. The van der Waals surface area contributed by atoms with Gasteiger partial charge in [-0.2, -0.15) is 10.1 Å². The zero-order chi connectivity index (χ0) is 20.7. The van der Waals surface area contributed by atoms with E-state index in [9.17, 15) is 0 Å². The minimum Gasteiger partial charge on any atom is -0.368 e. The SMILES string of the molecule is CC1(C)N=C(N)N=C(N)N1OCCCN(Cc1ccccc1)Cc1ccccc1. The predicted molar refractivity (Wildman–Crippen MR) is 117 cm³/mol. The van der Waals surface area contributed by atoms with Gasteiger partial charge in [0.25, 0.3) is 0 Å². The Hall–Kier alpha value is -2.90. The summed E-state index contributed by atoms with van der Waals surface area (Å²) in [6.07, 6.45) is 0.846. The van der Waals surface area contributed by atoms with Gasteiger partial charge in [-0.1, -0.05) is 60.7 Å². The second-order valence-corrected chi connectivity index (χ2v) is 7.60. The van der Waals surface area contributed by atoms with Crippen molar-refractivity contribution in [1.82, 2.24) is 9.96 Å². The van der Waals surface area contributed by atoms with Gasteiger partial charge in [0.1, 0.15) is 0 Å². The zero-order valence-electron chi connectivity index (χ0n) is 17.2. The van der Waals surface area contributed by atoms with Crippen LogP contribution in [0.2, 0.25) is 0 Å². The lowest BCUT2D eigenvalue weighted by molar-refractivity contribution is -0.158. The summed E-state index contributed by atoms with van der Waals surface area (Å²) in [5.74, 6) is 0.400. The lowest BCUT2D eigenvalue weighted by Crippen LogP contribution is -2.53. The van der Waals surface area contributed by atoms with Crippen LogP contribution < -0.4 is 11.5 Å². The lowest BCUT2D eigenvalue weighted by atomic mass is 10.1. The van der Waals surface area contributed by atoms with Crippen molar-refractivity contribution in [2.24, 2.45) is 21.5 Å². The van der Waals surface area contributed by atoms with Gasteiger partial charge in [0.05, 0.1) is 6.61 Å². The highest BCUT2D eigenvalue weighted by atomic mass is 16.7. The van der Waals surface area contributed by atoms with Gasteiger partial charge in [-0.3, -0.25) is 9.74 Å². The molecule has 3 rings (SSSR count). The molecular formula is C22H30N6O. The van der Waals surface area contributed by atoms with E-state index in [-0.39, 0.29) is 11.9 Å². The molecule has 0 spiro atoms. The molecule has 1 aliphatic heterocycles. The van der Waals surface area contributed by atoms with Gasteiger partial charge in [-0.15, -0.1) is 0 Å². The molecule has 0 amide bonds. The van der Waals surface area contributed by atoms with Crippen molar-refractivity contribution < 1.29 is 4.84 Å². The van der Waals surface area contributed by atoms with Gasteiger partial charge < -0.3 is 11.5 Å². The van der Waals surface area contributed by atoms with Crippen LogP contribution in [0, 0.1) is 0 Å². The first-order valence-electron chi connectivity index (χ1n) is 9.87. The Morgan fingerprint density at radius 2 is 1.48 bits per heavy atom. The highest BCUT2D eigenvalue weighted by Crippen LogP contribution is 2.20. The first kappa shape index (κ1) is 20.8. The van der Waals surface area contributed by atoms with E-state index < -0.39 is 5.66 Å². The van der Waals surface area contributed by atoms with Crippen LogP contribution in [0.4, 0.5) is 0 Å². The highest BCUT2D eigenvalue weighted by Gasteiger charge is 2.32. The Balaban J connectivity index is 1.56. The molecule has 1 heterocycles. The average molecular weight is 395 g/mol. The maximum absolute atomic E-state index is 5.97. The van der Waals surface area contributed by atoms with E-state index in [1.165, 1.54) is 16.2 Å². The number of nitrogens with zero attached hydrogens (tertiary/aromatic N) is 4. The van der Waals surface area contributed by atoms with Crippen molar-refractivity contribution >= 4 is 11.9 Å². The van der Waals surface area contributed by atoms with Crippen molar-refractivity contribution in [3.8, 4) is 0 Å². The van der Waals surface area contributed by atoms with Crippen LogP contribution in [0.5, 0.6) is 0 Å². The molecule has 2 aromatic rings. The number of aliphatic imine (C=N–C) groups is 2. The number of nitrogens with two attached hydrogens (primary N) is 2. The van der Waals surface area contributed by atoms with Gasteiger partial charge in [0, 0.05) is 19.6 Å². The summed E-state index contributed by atoms with van der Waals surface area (Å²) >= 11 is 0. The van der Waals surface area contributed by atoms with Crippen LogP contribution in [-0.2, 0) is 17.9 Å². The molecule has 0 saturated carbocycles. The van der Waals surface area contributed by atoms with Crippen LogP contribution >= 0.6 is 0 Å². The molecule has 7 nitrogen and oxygen atoms in total. The fraction of sp³-hybridized carbons (Fsp3) is 0.364. The normalized spacial score (nSPS) is 15.9. The molecule has 2 aromatic carbocycles. The Labute approximate surface area is 172 Å². The minimum absolute atomic E-state index is 0.171. The van der Waals surface area contributed by atoms with E-state index in [2.05, 4.69) is 63.4 Å². The van der Waals surface area contributed by atoms with Crippen LogP contribution in [0.15, 0.2) is 70.6 Å². The third-order valence-electron chi connectivity index (χ3n) is 4.66. The Morgan fingerprint density at radius 1 is 0.931 bits per heavy atom. The fourth-order valence-electron chi connectivity index (χ4n) is 3.36. The van der Waals surface area contributed by atoms with Gasteiger partial charge in [0.15, 0.2) is 5.66 Å². The van der Waals surface area contributed by atoms with Crippen molar-refractivity contribution in [3.63, 3.8) is 0 Å². The summed E-state index contributed by atoms with van der Waals surface area (Å²) < 4.78 is 0. The third kappa shape index (κ3) is 6.04. The molecule has 0 fully saturated rings. The van der Waals surface area contributed by atoms with Gasteiger partial charge >= 0.3 is 0 Å². The number of guanidine groups is 2. The first-order valence-corrected chi connectivity index (χ1v) is 9.87. The Bertz CT molecular complexity index is 793. The summed E-state index contributed by atoms with van der Waals surface area (Å²) in [5, 5.41) is 1.53. The first-order chi connectivity index (χ1) is 13.9. The molecule has 7 heteroatoms. The predicted octanol–water partition coefficient (Wildman–Crippen LogP) is 2.69. The third-order valence-corrected chi connectivity index (χ3v) is 4.66. The van der Waals surface area contributed by atoms with Gasteiger partial charge in [-0.25, -0.2) is 4.99 Å². The fourth-order valence-corrected chi connectivity index (χ4v) is 3.36. The van der Waals surface area contributed by atoms with Gasteiger partial charge in [-0.05, 0) is 31.4 Å². The largest absolute Gasteiger partial charge is 0.368 e. The monoisotopic (exact) mass is 394 g/mol. The number of hydrogen-bond donors (Lipinski definition) is 2. The smallest absolute Gasteiger partial charge is 0.226 e.